The van der Waals surface area contributed by atoms with Crippen LogP contribution in [0, 0.1) is 6.92 Å². The fourth-order valence-corrected chi connectivity index (χ4v) is 4.10. The summed E-state index contributed by atoms with van der Waals surface area (Å²) in [5.41, 5.74) is 2.69. The summed E-state index contributed by atoms with van der Waals surface area (Å²) in [4.78, 5) is 32.8. The molecule has 31 heavy (non-hydrogen) atoms. The van der Waals surface area contributed by atoms with Gasteiger partial charge in [0.2, 0.25) is 5.91 Å². The Kier molecular flexibility index (Phi) is 5.62. The lowest BCUT2D eigenvalue weighted by Gasteiger charge is -2.25. The van der Waals surface area contributed by atoms with Gasteiger partial charge in [0.05, 0.1) is 31.7 Å². The van der Waals surface area contributed by atoms with Crippen LogP contribution in [0.3, 0.4) is 0 Å². The van der Waals surface area contributed by atoms with Crippen LogP contribution in [0.5, 0.6) is 5.75 Å². The third-order valence-corrected chi connectivity index (χ3v) is 5.73. The van der Waals surface area contributed by atoms with Gasteiger partial charge >= 0.3 is 0 Å². The van der Waals surface area contributed by atoms with Crippen LogP contribution in [0.15, 0.2) is 30.5 Å². The summed E-state index contributed by atoms with van der Waals surface area (Å²) in [6.07, 6.45) is -1.76. The van der Waals surface area contributed by atoms with Crippen LogP contribution >= 0.6 is 0 Å². The number of carbonyl (C=O) groups excluding carboxylic acids is 2. The minimum absolute atomic E-state index is 0.0403. The summed E-state index contributed by atoms with van der Waals surface area (Å²) in [7, 11) is 0. The molecule has 1 N–H and O–H groups in total. The highest BCUT2D eigenvalue weighted by atomic mass is 19.3. The molecular formula is C22H23F2N3O4. The topological polar surface area (TPSA) is 83.0 Å². The van der Waals surface area contributed by atoms with E-state index in [9.17, 15) is 23.5 Å². The van der Waals surface area contributed by atoms with E-state index in [2.05, 4.69) is 4.98 Å². The number of benzene rings is 1. The molecule has 7 nitrogen and oxygen atoms in total. The number of hydrogen-bond acceptors (Lipinski definition) is 5. The first-order valence-electron chi connectivity index (χ1n) is 10.0. The molecule has 1 aromatic heterocycles. The molecule has 164 valence electrons. The summed E-state index contributed by atoms with van der Waals surface area (Å²) in [6, 6.07) is 6.55. The summed E-state index contributed by atoms with van der Waals surface area (Å²) in [6.45, 7) is 3.42. The van der Waals surface area contributed by atoms with Crippen molar-refractivity contribution >= 4 is 17.6 Å². The number of nitrogens with zero attached hydrogens (tertiary/aromatic N) is 3. The van der Waals surface area contributed by atoms with E-state index in [4.69, 9.17) is 4.74 Å². The Morgan fingerprint density at radius 3 is 2.71 bits per heavy atom. The second kappa shape index (κ2) is 8.22. The molecule has 1 aromatic carbocycles. The summed E-state index contributed by atoms with van der Waals surface area (Å²) >= 11 is 0. The Labute approximate surface area is 178 Å². The summed E-state index contributed by atoms with van der Waals surface area (Å²) in [5, 5.41) is 9.82. The van der Waals surface area contributed by atoms with E-state index in [1.54, 1.807) is 30.0 Å². The molecule has 2 atom stereocenters. The average molecular weight is 431 g/mol. The van der Waals surface area contributed by atoms with Crippen molar-refractivity contribution in [3.05, 3.63) is 52.7 Å². The highest BCUT2D eigenvalue weighted by Gasteiger charge is 2.38. The molecule has 4 rings (SSSR count). The molecule has 9 heteroatoms. The fourth-order valence-electron chi connectivity index (χ4n) is 4.10. The molecule has 2 aliphatic heterocycles. The molecule has 1 unspecified atom stereocenters. The predicted molar refractivity (Wildman–Crippen MR) is 108 cm³/mol. The first-order chi connectivity index (χ1) is 14.8. The Hall–Kier alpha value is -3.07. The lowest BCUT2D eigenvalue weighted by Crippen LogP contribution is -2.28. The number of rotatable bonds is 6. The number of fused-ring (bicyclic) bond motifs is 1. The van der Waals surface area contributed by atoms with Gasteiger partial charge < -0.3 is 14.7 Å². The highest BCUT2D eigenvalue weighted by Crippen LogP contribution is 2.37. The van der Waals surface area contributed by atoms with Crippen molar-refractivity contribution in [1.82, 2.24) is 9.88 Å². The molecule has 0 radical (unpaired) electrons. The van der Waals surface area contributed by atoms with E-state index in [1.807, 2.05) is 13.0 Å². The Balaban J connectivity index is 1.57. The number of aryl methyl sites for hydroxylation is 1. The number of ether oxygens (including phenoxy) is 1. The van der Waals surface area contributed by atoms with E-state index in [1.165, 1.54) is 11.1 Å². The molecule has 2 aromatic rings. The van der Waals surface area contributed by atoms with Gasteiger partial charge in [-0.05, 0) is 37.1 Å². The van der Waals surface area contributed by atoms with Crippen LogP contribution in [0.4, 0.5) is 14.6 Å². The molecule has 1 saturated heterocycles. The summed E-state index contributed by atoms with van der Waals surface area (Å²) in [5.74, 6) is 0.398. The lowest BCUT2D eigenvalue weighted by atomic mass is 10.0. The van der Waals surface area contributed by atoms with Gasteiger partial charge in [0.25, 0.3) is 12.3 Å². The number of carbonyl (C=O) groups is 2. The van der Waals surface area contributed by atoms with Gasteiger partial charge in [0, 0.05) is 17.3 Å². The first-order valence-corrected chi connectivity index (χ1v) is 10.0. The first kappa shape index (κ1) is 21.2. The van der Waals surface area contributed by atoms with Crippen LogP contribution < -0.4 is 9.64 Å². The number of aliphatic hydroxyl groups excluding tert-OH is 1. The normalized spacial score (nSPS) is 19.4. The number of β-amino-alcohol motifs (C(OH)–C–C–N with tert-alkyl or cyclic N) is 1. The SMILES string of the molecule is Cc1cc(C(C)N2Cc3c(ccnc3N3C[C@@H](O)CC3=O)C2=O)ccc1OCC(F)F. The number of anilines is 1. The van der Waals surface area contributed by atoms with Gasteiger partial charge in [-0.15, -0.1) is 0 Å². The maximum Gasteiger partial charge on any atom is 0.272 e. The molecule has 2 amide bonds. The number of hydrogen-bond donors (Lipinski definition) is 1. The van der Waals surface area contributed by atoms with Gasteiger partial charge in [-0.1, -0.05) is 12.1 Å². The van der Waals surface area contributed by atoms with Gasteiger partial charge in [0.1, 0.15) is 18.2 Å². The molecular weight excluding hydrogens is 408 g/mol. The number of aliphatic hydroxyl groups is 1. The highest BCUT2D eigenvalue weighted by molar-refractivity contribution is 6.02. The van der Waals surface area contributed by atoms with Crippen LogP contribution in [0.1, 0.15) is 46.4 Å². The van der Waals surface area contributed by atoms with Crippen molar-refractivity contribution in [3.8, 4) is 5.75 Å². The van der Waals surface area contributed by atoms with Crippen molar-refractivity contribution < 1.29 is 28.2 Å². The maximum atomic E-state index is 13.1. The van der Waals surface area contributed by atoms with Gasteiger partial charge in [0.15, 0.2) is 0 Å². The van der Waals surface area contributed by atoms with E-state index in [0.717, 1.165) is 5.56 Å². The maximum absolute atomic E-state index is 13.1. The van der Waals surface area contributed by atoms with Crippen molar-refractivity contribution in [2.45, 2.75) is 45.4 Å². The molecule has 0 bridgehead atoms. The standard InChI is InChI=1S/C22H23F2N3O4/c1-12-7-14(3-4-18(12)31-11-19(23)24)13(2)26-10-17-16(22(26)30)5-6-25-21(17)27-9-15(28)8-20(27)29/h3-7,13,15,19,28H,8-11H2,1-2H3/t13?,15-/m0/s1. The molecule has 3 heterocycles. The number of alkyl halides is 2. The monoisotopic (exact) mass is 431 g/mol. The third-order valence-electron chi connectivity index (χ3n) is 5.73. The largest absolute Gasteiger partial charge is 0.487 e. The minimum Gasteiger partial charge on any atom is -0.487 e. The predicted octanol–water partition coefficient (Wildman–Crippen LogP) is 2.85. The van der Waals surface area contributed by atoms with E-state index < -0.39 is 19.1 Å². The second-order valence-corrected chi connectivity index (χ2v) is 7.86. The molecule has 0 aliphatic carbocycles. The zero-order valence-electron chi connectivity index (χ0n) is 17.2. The fraction of sp³-hybridized carbons (Fsp3) is 0.409. The van der Waals surface area contributed by atoms with Gasteiger partial charge in [-0.3, -0.25) is 14.5 Å². The van der Waals surface area contributed by atoms with Gasteiger partial charge in [-0.2, -0.15) is 0 Å². The average Bonchev–Trinajstić information content (AvgIpc) is 3.24. The molecule has 1 fully saturated rings. The molecule has 0 saturated carbocycles. The smallest absolute Gasteiger partial charge is 0.272 e. The number of aromatic nitrogens is 1. The van der Waals surface area contributed by atoms with Crippen LogP contribution in [0.25, 0.3) is 0 Å². The number of halogens is 2. The molecule has 2 aliphatic rings. The Bertz CT molecular complexity index is 1030. The van der Waals surface area contributed by atoms with E-state index >= 15 is 0 Å². The van der Waals surface area contributed by atoms with E-state index in [-0.39, 0.29) is 37.4 Å². The van der Waals surface area contributed by atoms with Crippen molar-refractivity contribution in [1.29, 1.82) is 0 Å². The van der Waals surface area contributed by atoms with Gasteiger partial charge in [-0.25, -0.2) is 13.8 Å². The van der Waals surface area contributed by atoms with Crippen LogP contribution in [0.2, 0.25) is 0 Å². The van der Waals surface area contributed by atoms with Crippen LogP contribution in [-0.2, 0) is 11.3 Å². The zero-order chi connectivity index (χ0) is 22.3. The Morgan fingerprint density at radius 1 is 1.29 bits per heavy atom. The van der Waals surface area contributed by atoms with Crippen molar-refractivity contribution in [3.63, 3.8) is 0 Å². The van der Waals surface area contributed by atoms with Crippen molar-refractivity contribution in [2.75, 3.05) is 18.1 Å². The zero-order valence-corrected chi connectivity index (χ0v) is 17.2. The van der Waals surface area contributed by atoms with Crippen molar-refractivity contribution in [2.24, 2.45) is 0 Å². The number of pyridine rings is 1. The third kappa shape index (κ3) is 3.97. The minimum atomic E-state index is -2.55. The van der Waals surface area contributed by atoms with Crippen LogP contribution in [-0.4, -0.2) is 52.5 Å². The number of amides is 2. The second-order valence-electron chi connectivity index (χ2n) is 7.86. The quantitative estimate of drug-likeness (QED) is 0.761. The lowest BCUT2D eigenvalue weighted by molar-refractivity contribution is -0.117. The molecule has 0 spiro atoms. The van der Waals surface area contributed by atoms with E-state index in [0.29, 0.717) is 28.3 Å². The summed E-state index contributed by atoms with van der Waals surface area (Å²) < 4.78 is 30.0. The Morgan fingerprint density at radius 2 is 2.06 bits per heavy atom.